The number of piperazine rings is 1. The monoisotopic (exact) mass is 339 g/mol. The molecule has 0 amide bonds. The van der Waals surface area contributed by atoms with Gasteiger partial charge in [-0.15, -0.1) is 0 Å². The van der Waals surface area contributed by atoms with E-state index in [4.69, 9.17) is 0 Å². The molecule has 1 aromatic carbocycles. The Kier molecular flexibility index (Phi) is 5.15. The van der Waals surface area contributed by atoms with Crippen LogP contribution in [0.5, 0.6) is 0 Å². The van der Waals surface area contributed by atoms with E-state index >= 15 is 0 Å². The van der Waals surface area contributed by atoms with Crippen molar-refractivity contribution in [3.63, 3.8) is 0 Å². The van der Waals surface area contributed by atoms with Crippen LogP contribution >= 0.6 is 0 Å². The summed E-state index contributed by atoms with van der Waals surface area (Å²) in [4.78, 5) is 4.95. The maximum Gasteiger partial charge on any atom is 0.0568 e. The van der Waals surface area contributed by atoms with Crippen LogP contribution in [0.2, 0.25) is 0 Å². The number of nitrogens with zero attached hydrogens (tertiary/aromatic N) is 3. The number of rotatable bonds is 4. The van der Waals surface area contributed by atoms with E-state index < -0.39 is 0 Å². The molecule has 5 nitrogen and oxygen atoms in total. The highest BCUT2D eigenvalue weighted by Crippen LogP contribution is 2.31. The third-order valence-corrected chi connectivity index (χ3v) is 5.64. The number of piperidine rings is 1. The fourth-order valence-corrected chi connectivity index (χ4v) is 3.99. The van der Waals surface area contributed by atoms with Crippen molar-refractivity contribution in [2.45, 2.75) is 25.3 Å². The van der Waals surface area contributed by atoms with Crippen LogP contribution in [0.3, 0.4) is 0 Å². The molecular formula is C20H29N5. The molecule has 2 aliphatic rings. The molecule has 3 heterocycles. The average Bonchev–Trinajstić information content (AvgIpc) is 3.15. The molecule has 0 aliphatic carbocycles. The van der Waals surface area contributed by atoms with Gasteiger partial charge in [0.05, 0.1) is 6.20 Å². The van der Waals surface area contributed by atoms with Gasteiger partial charge in [0, 0.05) is 56.4 Å². The minimum Gasteiger partial charge on any atom is -0.316 e. The molecule has 0 radical (unpaired) electrons. The Morgan fingerprint density at radius 3 is 2.64 bits per heavy atom. The van der Waals surface area contributed by atoms with Crippen LogP contribution in [-0.4, -0.2) is 66.3 Å². The van der Waals surface area contributed by atoms with Gasteiger partial charge in [0.1, 0.15) is 0 Å². The lowest BCUT2D eigenvalue weighted by Gasteiger charge is -2.32. The second-order valence-electron chi connectivity index (χ2n) is 7.52. The van der Waals surface area contributed by atoms with Gasteiger partial charge in [0.2, 0.25) is 0 Å². The normalized spacial score (nSPS) is 23.0. The van der Waals surface area contributed by atoms with Gasteiger partial charge in [-0.2, -0.15) is 5.10 Å². The lowest BCUT2D eigenvalue weighted by Crippen LogP contribution is -2.43. The molecule has 25 heavy (non-hydrogen) atoms. The standard InChI is InChI=1S/C20H29N5/c1-24-9-11-25(12-10-24)15-16-4-6-17(7-5-16)19-14-22-23-20(19)18-3-2-8-21-13-18/h4-7,14,18,21H,2-3,8-13,15H2,1H3,(H,22,23). The van der Waals surface area contributed by atoms with Crippen LogP contribution in [0.15, 0.2) is 30.5 Å². The Labute approximate surface area is 150 Å². The molecule has 5 heteroatoms. The van der Waals surface area contributed by atoms with Crippen molar-refractivity contribution in [2.24, 2.45) is 0 Å². The maximum atomic E-state index is 4.33. The van der Waals surface area contributed by atoms with E-state index in [9.17, 15) is 0 Å². The lowest BCUT2D eigenvalue weighted by atomic mass is 9.91. The Morgan fingerprint density at radius 2 is 1.92 bits per heavy atom. The summed E-state index contributed by atoms with van der Waals surface area (Å²) in [5.74, 6) is 0.552. The molecule has 2 N–H and O–H groups in total. The molecule has 1 atom stereocenters. The molecule has 2 aliphatic heterocycles. The van der Waals surface area contributed by atoms with Crippen molar-refractivity contribution in [3.8, 4) is 11.1 Å². The molecule has 0 spiro atoms. The predicted octanol–water partition coefficient (Wildman–Crippen LogP) is 2.29. The summed E-state index contributed by atoms with van der Waals surface area (Å²) in [6, 6.07) is 9.08. The van der Waals surface area contributed by atoms with E-state index in [0.717, 1.165) is 19.6 Å². The third-order valence-electron chi connectivity index (χ3n) is 5.64. The largest absolute Gasteiger partial charge is 0.316 e. The van der Waals surface area contributed by atoms with Crippen LogP contribution < -0.4 is 5.32 Å². The van der Waals surface area contributed by atoms with Gasteiger partial charge in [-0.3, -0.25) is 10.00 Å². The second kappa shape index (κ2) is 7.68. The number of hydrogen-bond acceptors (Lipinski definition) is 4. The Morgan fingerprint density at radius 1 is 1.12 bits per heavy atom. The molecule has 1 aromatic heterocycles. The molecule has 1 unspecified atom stereocenters. The highest BCUT2D eigenvalue weighted by Gasteiger charge is 2.20. The van der Waals surface area contributed by atoms with E-state index in [1.165, 1.54) is 61.4 Å². The Balaban J connectivity index is 1.45. The van der Waals surface area contributed by atoms with E-state index in [1.54, 1.807) is 0 Å². The van der Waals surface area contributed by atoms with Crippen molar-refractivity contribution >= 4 is 0 Å². The zero-order valence-corrected chi connectivity index (χ0v) is 15.2. The molecule has 134 valence electrons. The topological polar surface area (TPSA) is 47.2 Å². The molecule has 0 bridgehead atoms. The third kappa shape index (κ3) is 3.94. The first-order valence-electron chi connectivity index (χ1n) is 9.54. The van der Waals surface area contributed by atoms with Crippen molar-refractivity contribution in [3.05, 3.63) is 41.7 Å². The zero-order chi connectivity index (χ0) is 17.1. The van der Waals surface area contributed by atoms with Crippen molar-refractivity contribution in [2.75, 3.05) is 46.3 Å². The van der Waals surface area contributed by atoms with Gasteiger partial charge in [0.15, 0.2) is 0 Å². The summed E-state index contributed by atoms with van der Waals surface area (Å²) in [7, 11) is 2.20. The van der Waals surface area contributed by atoms with Gasteiger partial charge in [-0.05, 0) is 37.6 Å². The lowest BCUT2D eigenvalue weighted by molar-refractivity contribution is 0.148. The summed E-state index contributed by atoms with van der Waals surface area (Å²) in [5, 5.41) is 11.1. The number of aromatic amines is 1. The van der Waals surface area contributed by atoms with Crippen LogP contribution in [0.25, 0.3) is 11.1 Å². The van der Waals surface area contributed by atoms with Crippen LogP contribution in [0.1, 0.15) is 30.0 Å². The Hall–Kier alpha value is -1.69. The van der Waals surface area contributed by atoms with E-state index in [1.807, 2.05) is 6.20 Å². The first-order valence-corrected chi connectivity index (χ1v) is 9.54. The quantitative estimate of drug-likeness (QED) is 0.897. The summed E-state index contributed by atoms with van der Waals surface area (Å²) >= 11 is 0. The van der Waals surface area contributed by atoms with Crippen LogP contribution in [-0.2, 0) is 6.54 Å². The number of H-pyrrole nitrogens is 1. The van der Waals surface area contributed by atoms with Crippen LogP contribution in [0.4, 0.5) is 0 Å². The van der Waals surface area contributed by atoms with Gasteiger partial charge in [-0.25, -0.2) is 0 Å². The minimum atomic E-state index is 0.552. The number of hydrogen-bond donors (Lipinski definition) is 2. The number of nitrogens with one attached hydrogen (secondary N) is 2. The molecule has 4 rings (SSSR count). The average molecular weight is 339 g/mol. The zero-order valence-electron chi connectivity index (χ0n) is 15.2. The highest BCUT2D eigenvalue weighted by molar-refractivity contribution is 5.66. The molecule has 2 fully saturated rings. The second-order valence-corrected chi connectivity index (χ2v) is 7.52. The SMILES string of the molecule is CN1CCN(Cc2ccc(-c3cn[nH]c3C3CCCNC3)cc2)CC1. The fourth-order valence-electron chi connectivity index (χ4n) is 3.99. The van der Waals surface area contributed by atoms with E-state index in [0.29, 0.717) is 5.92 Å². The smallest absolute Gasteiger partial charge is 0.0568 e. The number of aromatic nitrogens is 2. The fraction of sp³-hybridized carbons (Fsp3) is 0.550. The first kappa shape index (κ1) is 16.8. The van der Waals surface area contributed by atoms with Crippen molar-refractivity contribution in [1.29, 1.82) is 0 Å². The highest BCUT2D eigenvalue weighted by atomic mass is 15.2. The predicted molar refractivity (Wildman–Crippen MR) is 102 cm³/mol. The number of likely N-dealkylation sites (N-methyl/N-ethyl adjacent to an activating group) is 1. The van der Waals surface area contributed by atoms with Crippen LogP contribution in [0, 0.1) is 0 Å². The van der Waals surface area contributed by atoms with Gasteiger partial charge in [-0.1, -0.05) is 24.3 Å². The van der Waals surface area contributed by atoms with E-state index in [-0.39, 0.29) is 0 Å². The molecular weight excluding hydrogens is 310 g/mol. The minimum absolute atomic E-state index is 0.552. The Bertz CT molecular complexity index is 664. The van der Waals surface area contributed by atoms with Crippen molar-refractivity contribution < 1.29 is 0 Å². The van der Waals surface area contributed by atoms with Gasteiger partial charge >= 0.3 is 0 Å². The summed E-state index contributed by atoms with van der Waals surface area (Å²) in [5.41, 5.74) is 5.23. The van der Waals surface area contributed by atoms with Gasteiger partial charge in [0.25, 0.3) is 0 Å². The molecule has 0 saturated carbocycles. The summed E-state index contributed by atoms with van der Waals surface area (Å²) in [6.45, 7) is 7.92. The van der Waals surface area contributed by atoms with E-state index in [2.05, 4.69) is 56.6 Å². The summed E-state index contributed by atoms with van der Waals surface area (Å²) < 4.78 is 0. The maximum absolute atomic E-state index is 4.33. The summed E-state index contributed by atoms with van der Waals surface area (Å²) in [6.07, 6.45) is 4.47. The van der Waals surface area contributed by atoms with Gasteiger partial charge < -0.3 is 10.2 Å². The molecule has 2 saturated heterocycles. The number of benzene rings is 1. The van der Waals surface area contributed by atoms with Crippen molar-refractivity contribution in [1.82, 2.24) is 25.3 Å². The molecule has 2 aromatic rings. The first-order chi connectivity index (χ1) is 12.3.